The van der Waals surface area contributed by atoms with Gasteiger partial charge in [0.2, 0.25) is 0 Å². The van der Waals surface area contributed by atoms with Crippen molar-refractivity contribution in [3.8, 4) is 0 Å². The van der Waals surface area contributed by atoms with Crippen LogP contribution in [0.5, 0.6) is 0 Å². The van der Waals surface area contributed by atoms with Crippen molar-refractivity contribution in [2.24, 2.45) is 11.8 Å². The second kappa shape index (κ2) is 6.26. The standard InChI is InChI=1S/C14H17BrN2O3/c1-8(9-2-3-9)7-16-14(20)17-10-4-5-12(15)11(6-10)13(18)19/h4-6,8-9H,2-3,7H2,1H3,(H,18,19)(H2,16,17,20). The first-order chi connectivity index (χ1) is 9.47. The smallest absolute Gasteiger partial charge is 0.336 e. The Bertz CT molecular complexity index is 529. The lowest BCUT2D eigenvalue weighted by Crippen LogP contribution is -2.32. The Hall–Kier alpha value is -1.56. The second-order valence-corrected chi connectivity index (χ2v) is 6.00. The molecule has 0 radical (unpaired) electrons. The summed E-state index contributed by atoms with van der Waals surface area (Å²) in [6.07, 6.45) is 2.50. The number of carboxylic acids is 1. The molecule has 2 amide bonds. The van der Waals surface area contributed by atoms with E-state index in [0.29, 0.717) is 22.6 Å². The third kappa shape index (κ3) is 3.96. The molecule has 1 aliphatic rings. The lowest BCUT2D eigenvalue weighted by molar-refractivity contribution is 0.0696. The highest BCUT2D eigenvalue weighted by Crippen LogP contribution is 2.36. The quantitative estimate of drug-likeness (QED) is 0.769. The van der Waals surface area contributed by atoms with Crippen molar-refractivity contribution < 1.29 is 14.7 Å². The summed E-state index contributed by atoms with van der Waals surface area (Å²) >= 11 is 3.16. The highest BCUT2D eigenvalue weighted by atomic mass is 79.9. The van der Waals surface area contributed by atoms with Crippen molar-refractivity contribution in [2.45, 2.75) is 19.8 Å². The van der Waals surface area contributed by atoms with Crippen LogP contribution in [0.1, 0.15) is 30.1 Å². The van der Waals surface area contributed by atoms with Gasteiger partial charge in [0.1, 0.15) is 0 Å². The molecule has 1 unspecified atom stereocenters. The van der Waals surface area contributed by atoms with Gasteiger partial charge in [0.05, 0.1) is 5.56 Å². The summed E-state index contributed by atoms with van der Waals surface area (Å²) in [5.74, 6) is 0.185. The normalized spacial score (nSPS) is 15.5. The molecule has 1 saturated carbocycles. The van der Waals surface area contributed by atoms with Crippen molar-refractivity contribution in [1.29, 1.82) is 0 Å². The molecular weight excluding hydrogens is 324 g/mol. The number of urea groups is 1. The van der Waals surface area contributed by atoms with Crippen LogP contribution in [0.15, 0.2) is 22.7 Å². The average molecular weight is 341 g/mol. The molecular formula is C14H17BrN2O3. The second-order valence-electron chi connectivity index (χ2n) is 5.15. The molecule has 1 aromatic rings. The number of anilines is 1. The van der Waals surface area contributed by atoms with E-state index in [1.54, 1.807) is 12.1 Å². The molecule has 0 bridgehead atoms. The van der Waals surface area contributed by atoms with Crippen LogP contribution >= 0.6 is 15.9 Å². The van der Waals surface area contributed by atoms with Crippen LogP contribution in [-0.4, -0.2) is 23.7 Å². The Balaban J connectivity index is 1.90. The third-order valence-electron chi connectivity index (χ3n) is 3.47. The van der Waals surface area contributed by atoms with E-state index >= 15 is 0 Å². The molecule has 0 aliphatic heterocycles. The van der Waals surface area contributed by atoms with E-state index in [4.69, 9.17) is 5.11 Å². The molecule has 0 spiro atoms. The molecule has 108 valence electrons. The number of nitrogens with one attached hydrogen (secondary N) is 2. The summed E-state index contributed by atoms with van der Waals surface area (Å²) in [5.41, 5.74) is 0.580. The Kier molecular flexibility index (Phi) is 4.65. The number of halogens is 1. The number of hydrogen-bond donors (Lipinski definition) is 3. The molecule has 0 saturated heterocycles. The Morgan fingerprint density at radius 3 is 2.75 bits per heavy atom. The van der Waals surface area contributed by atoms with Gasteiger partial charge in [-0.25, -0.2) is 9.59 Å². The molecule has 1 fully saturated rings. The SMILES string of the molecule is CC(CNC(=O)Nc1ccc(Br)c(C(=O)O)c1)C1CC1. The van der Waals surface area contributed by atoms with E-state index in [1.165, 1.54) is 18.9 Å². The Morgan fingerprint density at radius 1 is 1.45 bits per heavy atom. The monoisotopic (exact) mass is 340 g/mol. The number of carbonyl (C=O) groups excluding carboxylic acids is 1. The van der Waals surface area contributed by atoms with Crippen molar-refractivity contribution >= 4 is 33.6 Å². The predicted octanol–water partition coefficient (Wildman–Crippen LogP) is 3.31. The van der Waals surface area contributed by atoms with Crippen LogP contribution in [0.3, 0.4) is 0 Å². The number of aromatic carboxylic acids is 1. The largest absolute Gasteiger partial charge is 0.478 e. The van der Waals surface area contributed by atoms with Crippen molar-refractivity contribution in [2.75, 3.05) is 11.9 Å². The summed E-state index contributed by atoms with van der Waals surface area (Å²) in [7, 11) is 0. The van der Waals surface area contributed by atoms with E-state index in [1.807, 2.05) is 0 Å². The van der Waals surface area contributed by atoms with Gasteiger partial charge in [-0.05, 0) is 58.8 Å². The zero-order chi connectivity index (χ0) is 14.7. The number of carbonyl (C=O) groups is 2. The zero-order valence-corrected chi connectivity index (χ0v) is 12.7. The zero-order valence-electron chi connectivity index (χ0n) is 11.1. The number of benzene rings is 1. The summed E-state index contributed by atoms with van der Waals surface area (Å²) in [5, 5.41) is 14.5. The van der Waals surface area contributed by atoms with Gasteiger partial charge in [0.25, 0.3) is 0 Å². The number of amides is 2. The minimum Gasteiger partial charge on any atom is -0.478 e. The Morgan fingerprint density at radius 2 is 2.15 bits per heavy atom. The van der Waals surface area contributed by atoms with E-state index in [2.05, 4.69) is 33.5 Å². The van der Waals surface area contributed by atoms with Crippen LogP contribution in [-0.2, 0) is 0 Å². The minimum absolute atomic E-state index is 0.120. The molecule has 6 heteroatoms. The van der Waals surface area contributed by atoms with Crippen LogP contribution in [0.4, 0.5) is 10.5 Å². The number of carboxylic acid groups (broad SMARTS) is 1. The molecule has 0 heterocycles. The van der Waals surface area contributed by atoms with Crippen molar-refractivity contribution in [3.05, 3.63) is 28.2 Å². The maximum atomic E-state index is 11.7. The molecule has 2 rings (SSSR count). The summed E-state index contributed by atoms with van der Waals surface area (Å²) < 4.78 is 0.485. The molecule has 1 aliphatic carbocycles. The van der Waals surface area contributed by atoms with Crippen molar-refractivity contribution in [3.63, 3.8) is 0 Å². The highest BCUT2D eigenvalue weighted by molar-refractivity contribution is 9.10. The summed E-state index contributed by atoms with van der Waals surface area (Å²) in [6.45, 7) is 2.76. The average Bonchev–Trinajstić information content (AvgIpc) is 3.22. The van der Waals surface area contributed by atoms with E-state index < -0.39 is 5.97 Å². The van der Waals surface area contributed by atoms with Crippen LogP contribution in [0.25, 0.3) is 0 Å². The summed E-state index contributed by atoms with van der Waals surface area (Å²) in [4.78, 5) is 22.7. The summed E-state index contributed by atoms with van der Waals surface area (Å²) in [6, 6.07) is 4.37. The molecule has 20 heavy (non-hydrogen) atoms. The lowest BCUT2D eigenvalue weighted by atomic mass is 10.1. The van der Waals surface area contributed by atoms with Gasteiger partial charge in [-0.15, -0.1) is 0 Å². The van der Waals surface area contributed by atoms with Gasteiger partial charge < -0.3 is 15.7 Å². The van der Waals surface area contributed by atoms with Crippen LogP contribution < -0.4 is 10.6 Å². The van der Waals surface area contributed by atoms with Gasteiger partial charge in [-0.1, -0.05) is 6.92 Å². The fraction of sp³-hybridized carbons (Fsp3) is 0.429. The highest BCUT2D eigenvalue weighted by Gasteiger charge is 2.27. The van der Waals surface area contributed by atoms with E-state index in [0.717, 1.165) is 5.92 Å². The Labute approximate surface area is 125 Å². The van der Waals surface area contributed by atoms with Crippen molar-refractivity contribution in [1.82, 2.24) is 5.32 Å². The minimum atomic E-state index is -1.04. The van der Waals surface area contributed by atoms with Crippen LogP contribution in [0.2, 0.25) is 0 Å². The first kappa shape index (κ1) is 14.8. The van der Waals surface area contributed by atoms with Gasteiger partial charge in [-0.3, -0.25) is 0 Å². The number of rotatable bonds is 5. The molecule has 0 aromatic heterocycles. The van der Waals surface area contributed by atoms with Gasteiger partial charge in [0, 0.05) is 16.7 Å². The van der Waals surface area contributed by atoms with Gasteiger partial charge in [-0.2, -0.15) is 0 Å². The maximum absolute atomic E-state index is 11.7. The third-order valence-corrected chi connectivity index (χ3v) is 4.16. The lowest BCUT2D eigenvalue weighted by Gasteiger charge is -2.12. The van der Waals surface area contributed by atoms with Gasteiger partial charge >= 0.3 is 12.0 Å². The molecule has 5 nitrogen and oxygen atoms in total. The van der Waals surface area contributed by atoms with Crippen LogP contribution in [0, 0.1) is 11.8 Å². The molecule has 1 aromatic carbocycles. The van der Waals surface area contributed by atoms with E-state index in [9.17, 15) is 9.59 Å². The first-order valence-corrected chi connectivity index (χ1v) is 7.34. The fourth-order valence-corrected chi connectivity index (χ4v) is 2.44. The van der Waals surface area contributed by atoms with Gasteiger partial charge in [0.15, 0.2) is 0 Å². The molecule has 3 N–H and O–H groups in total. The first-order valence-electron chi connectivity index (χ1n) is 6.55. The fourth-order valence-electron chi connectivity index (χ4n) is 2.03. The number of hydrogen-bond acceptors (Lipinski definition) is 2. The topological polar surface area (TPSA) is 78.4 Å². The van der Waals surface area contributed by atoms with E-state index in [-0.39, 0.29) is 11.6 Å². The maximum Gasteiger partial charge on any atom is 0.336 e. The molecule has 1 atom stereocenters. The predicted molar refractivity (Wildman–Crippen MR) is 80.0 cm³/mol.